The van der Waals surface area contributed by atoms with E-state index in [-0.39, 0.29) is 12.5 Å². The molecule has 0 atom stereocenters. The molecule has 1 aromatic heterocycles. The van der Waals surface area contributed by atoms with Crippen LogP contribution in [0.1, 0.15) is 16.6 Å². The van der Waals surface area contributed by atoms with E-state index in [0.29, 0.717) is 24.6 Å². The molecule has 106 valence electrons. The molecule has 0 saturated carbocycles. The van der Waals surface area contributed by atoms with Gasteiger partial charge in [-0.2, -0.15) is 0 Å². The summed E-state index contributed by atoms with van der Waals surface area (Å²) in [6.07, 6.45) is 0. The Morgan fingerprint density at radius 3 is 2.74 bits per heavy atom. The van der Waals surface area contributed by atoms with E-state index in [0.717, 1.165) is 4.47 Å². The third-order valence-electron chi connectivity index (χ3n) is 2.29. The molecule has 1 aromatic rings. The molecule has 1 rings (SSSR count). The molecule has 0 aromatic carbocycles. The van der Waals surface area contributed by atoms with Crippen LogP contribution in [0.2, 0.25) is 0 Å². The number of nitrogens with zero attached hydrogens (tertiary/aromatic N) is 1. The van der Waals surface area contributed by atoms with Gasteiger partial charge in [0, 0.05) is 18.1 Å². The van der Waals surface area contributed by atoms with Crippen LogP contribution in [0, 0.1) is 0 Å². The molecule has 0 N–H and O–H groups in total. The summed E-state index contributed by atoms with van der Waals surface area (Å²) in [6, 6.07) is 1.80. The van der Waals surface area contributed by atoms with Gasteiger partial charge in [-0.25, -0.2) is 0 Å². The summed E-state index contributed by atoms with van der Waals surface area (Å²) in [5.74, 6) is -0.619. The van der Waals surface area contributed by atoms with E-state index in [2.05, 4.69) is 15.9 Å². The predicted octanol–water partition coefficient (Wildman–Crippen LogP) is 2.16. The topological polar surface area (TPSA) is 55.8 Å². The molecule has 7 heteroatoms. The number of amides is 1. The van der Waals surface area contributed by atoms with Crippen molar-refractivity contribution in [2.75, 3.05) is 33.4 Å². The summed E-state index contributed by atoms with van der Waals surface area (Å²) in [6.45, 7) is 2.68. The van der Waals surface area contributed by atoms with Crippen LogP contribution < -0.4 is 0 Å². The lowest BCUT2D eigenvalue weighted by Gasteiger charge is -2.20. The van der Waals surface area contributed by atoms with Gasteiger partial charge >= 0.3 is 5.97 Å². The van der Waals surface area contributed by atoms with E-state index in [4.69, 9.17) is 9.47 Å². The molecule has 5 nitrogen and oxygen atoms in total. The Kier molecular flexibility index (Phi) is 7.04. The molecule has 0 bridgehead atoms. The number of thiophene rings is 1. The predicted molar refractivity (Wildman–Crippen MR) is 76.4 cm³/mol. The van der Waals surface area contributed by atoms with Gasteiger partial charge in [-0.15, -0.1) is 11.3 Å². The van der Waals surface area contributed by atoms with Crippen LogP contribution >= 0.6 is 27.3 Å². The van der Waals surface area contributed by atoms with Gasteiger partial charge in [0.2, 0.25) is 0 Å². The standard InChI is InChI=1S/C12H16BrNO4S/c1-3-18-10(15)8-14(5-6-17-2)12(16)11-9(13)4-7-19-11/h4,7H,3,5-6,8H2,1-2H3. The summed E-state index contributed by atoms with van der Waals surface area (Å²) in [5.41, 5.74) is 0. The van der Waals surface area contributed by atoms with Crippen molar-refractivity contribution < 1.29 is 19.1 Å². The van der Waals surface area contributed by atoms with Crippen molar-refractivity contribution >= 4 is 39.1 Å². The minimum atomic E-state index is -0.417. The van der Waals surface area contributed by atoms with Crippen LogP contribution in [0.3, 0.4) is 0 Å². The summed E-state index contributed by atoms with van der Waals surface area (Å²) < 4.78 is 10.6. The molecular formula is C12H16BrNO4S. The van der Waals surface area contributed by atoms with E-state index in [9.17, 15) is 9.59 Å². The molecule has 0 fully saturated rings. The van der Waals surface area contributed by atoms with Crippen molar-refractivity contribution in [1.82, 2.24) is 4.90 Å². The van der Waals surface area contributed by atoms with Crippen molar-refractivity contribution in [3.05, 3.63) is 20.8 Å². The Balaban J connectivity index is 2.75. The van der Waals surface area contributed by atoms with E-state index >= 15 is 0 Å². The van der Waals surface area contributed by atoms with E-state index < -0.39 is 5.97 Å². The second kappa shape index (κ2) is 8.29. The van der Waals surface area contributed by atoms with Crippen LogP contribution in [0.5, 0.6) is 0 Å². The second-order valence-corrected chi connectivity index (χ2v) is 5.39. The van der Waals surface area contributed by atoms with Gasteiger partial charge in [-0.1, -0.05) is 0 Å². The molecule has 0 aliphatic rings. The number of halogens is 1. The highest BCUT2D eigenvalue weighted by Gasteiger charge is 2.22. The van der Waals surface area contributed by atoms with Gasteiger partial charge in [-0.3, -0.25) is 9.59 Å². The average molecular weight is 350 g/mol. The largest absolute Gasteiger partial charge is 0.465 e. The lowest BCUT2D eigenvalue weighted by Crippen LogP contribution is -2.38. The molecule has 0 unspecified atom stereocenters. The maximum atomic E-state index is 12.3. The van der Waals surface area contributed by atoms with Crippen LogP contribution in [0.25, 0.3) is 0 Å². The van der Waals surface area contributed by atoms with E-state index in [1.54, 1.807) is 20.1 Å². The minimum Gasteiger partial charge on any atom is -0.465 e. The quantitative estimate of drug-likeness (QED) is 0.708. The third kappa shape index (κ3) is 4.93. The molecule has 0 radical (unpaired) electrons. The molecule has 0 aliphatic carbocycles. The lowest BCUT2D eigenvalue weighted by atomic mass is 10.3. The van der Waals surface area contributed by atoms with Crippen molar-refractivity contribution in [3.63, 3.8) is 0 Å². The third-order valence-corrected chi connectivity index (χ3v) is 4.11. The van der Waals surface area contributed by atoms with Gasteiger partial charge in [0.05, 0.1) is 13.2 Å². The number of methoxy groups -OCH3 is 1. The van der Waals surface area contributed by atoms with Crippen LogP contribution in [-0.4, -0.2) is 50.2 Å². The highest BCUT2D eigenvalue weighted by Crippen LogP contribution is 2.24. The highest BCUT2D eigenvalue weighted by molar-refractivity contribution is 9.10. The monoisotopic (exact) mass is 349 g/mol. The van der Waals surface area contributed by atoms with Crippen molar-refractivity contribution in [2.45, 2.75) is 6.92 Å². The molecule has 0 spiro atoms. The van der Waals surface area contributed by atoms with Crippen molar-refractivity contribution in [1.29, 1.82) is 0 Å². The van der Waals surface area contributed by atoms with Gasteiger partial charge in [-0.05, 0) is 34.3 Å². The first-order chi connectivity index (χ1) is 9.10. The highest BCUT2D eigenvalue weighted by atomic mass is 79.9. The minimum absolute atomic E-state index is 0.0691. The number of hydrogen-bond donors (Lipinski definition) is 0. The van der Waals surface area contributed by atoms with Crippen molar-refractivity contribution in [2.24, 2.45) is 0 Å². The van der Waals surface area contributed by atoms with Crippen molar-refractivity contribution in [3.8, 4) is 0 Å². The summed E-state index contributed by atoms with van der Waals surface area (Å²) in [5, 5.41) is 1.82. The molecular weight excluding hydrogens is 334 g/mol. The van der Waals surface area contributed by atoms with E-state index in [1.807, 2.05) is 5.38 Å². The first-order valence-corrected chi connectivity index (χ1v) is 7.44. The first-order valence-electron chi connectivity index (χ1n) is 5.77. The SMILES string of the molecule is CCOC(=O)CN(CCOC)C(=O)c1sccc1Br. The van der Waals surface area contributed by atoms with Gasteiger partial charge < -0.3 is 14.4 Å². The molecule has 0 aliphatic heterocycles. The fourth-order valence-corrected chi connectivity index (χ4v) is 2.91. The Labute approximate surface area is 124 Å². The maximum Gasteiger partial charge on any atom is 0.325 e. The number of esters is 1. The van der Waals surface area contributed by atoms with Gasteiger partial charge in [0.15, 0.2) is 0 Å². The summed E-state index contributed by atoms with van der Waals surface area (Å²) in [4.78, 5) is 25.8. The average Bonchev–Trinajstić information content (AvgIpc) is 2.80. The Morgan fingerprint density at radius 1 is 1.47 bits per heavy atom. The smallest absolute Gasteiger partial charge is 0.325 e. The first kappa shape index (κ1) is 16.1. The number of ether oxygens (including phenoxy) is 2. The number of rotatable bonds is 7. The van der Waals surface area contributed by atoms with Gasteiger partial charge in [0.1, 0.15) is 11.4 Å². The Hall–Kier alpha value is -0.920. The summed E-state index contributed by atoms with van der Waals surface area (Å²) >= 11 is 4.64. The van der Waals surface area contributed by atoms with Gasteiger partial charge in [0.25, 0.3) is 5.91 Å². The molecule has 1 heterocycles. The lowest BCUT2D eigenvalue weighted by molar-refractivity contribution is -0.143. The molecule has 0 saturated heterocycles. The zero-order valence-corrected chi connectivity index (χ0v) is 13.3. The normalized spacial score (nSPS) is 10.3. The Morgan fingerprint density at radius 2 is 2.21 bits per heavy atom. The molecule has 19 heavy (non-hydrogen) atoms. The fraction of sp³-hybridized carbons (Fsp3) is 0.500. The van der Waals surface area contributed by atoms with E-state index in [1.165, 1.54) is 16.2 Å². The van der Waals surface area contributed by atoms with Crippen LogP contribution in [0.4, 0.5) is 0 Å². The number of hydrogen-bond acceptors (Lipinski definition) is 5. The molecule has 1 amide bonds. The zero-order chi connectivity index (χ0) is 14.3. The fourth-order valence-electron chi connectivity index (χ4n) is 1.41. The number of carbonyl (C=O) groups is 2. The zero-order valence-electron chi connectivity index (χ0n) is 10.8. The van der Waals surface area contributed by atoms with Crippen LogP contribution in [0.15, 0.2) is 15.9 Å². The summed E-state index contributed by atoms with van der Waals surface area (Å²) in [7, 11) is 1.55. The second-order valence-electron chi connectivity index (χ2n) is 3.62. The number of carbonyl (C=O) groups excluding carboxylic acids is 2. The van der Waals surface area contributed by atoms with Crippen LogP contribution in [-0.2, 0) is 14.3 Å². The Bertz CT molecular complexity index is 435. The maximum absolute atomic E-state index is 12.3.